The van der Waals surface area contributed by atoms with E-state index in [0.717, 1.165) is 5.56 Å². The molecule has 0 bridgehead atoms. The summed E-state index contributed by atoms with van der Waals surface area (Å²) >= 11 is 5.73. The summed E-state index contributed by atoms with van der Waals surface area (Å²) in [7, 11) is 0. The van der Waals surface area contributed by atoms with Crippen molar-refractivity contribution in [3.05, 3.63) is 59.4 Å². The molecule has 2 aromatic rings. The van der Waals surface area contributed by atoms with Crippen LogP contribution in [0, 0.1) is 0 Å². The van der Waals surface area contributed by atoms with E-state index in [1.54, 1.807) is 6.07 Å². The number of nitrogens with one attached hydrogen (secondary N) is 2. The fourth-order valence-corrected chi connectivity index (χ4v) is 1.90. The summed E-state index contributed by atoms with van der Waals surface area (Å²) in [5.41, 5.74) is 1.37. The third-order valence-corrected chi connectivity index (χ3v) is 2.88. The van der Waals surface area contributed by atoms with E-state index in [1.165, 1.54) is 12.3 Å². The smallest absolute Gasteiger partial charge is 0.319 e. The van der Waals surface area contributed by atoms with Crippen LogP contribution in [0.1, 0.15) is 11.6 Å². The number of carbonyl (C=O) groups is 1. The standard InChI is InChI=1S/C14H14ClN3O2/c15-13-8-11(6-7-16-13)17-14(20)18-12(9-19)10-4-2-1-3-5-10/h1-8,12,19H,9H2,(H2,16,17,18,20). The van der Waals surface area contributed by atoms with Crippen LogP contribution < -0.4 is 10.6 Å². The number of hydrogen-bond acceptors (Lipinski definition) is 3. The fraction of sp³-hybridized carbons (Fsp3) is 0.143. The summed E-state index contributed by atoms with van der Waals surface area (Å²) in [6, 6.07) is 11.5. The quantitative estimate of drug-likeness (QED) is 0.758. The number of aromatic nitrogens is 1. The number of nitrogens with zero attached hydrogens (tertiary/aromatic N) is 1. The summed E-state index contributed by atoms with van der Waals surface area (Å²) in [4.78, 5) is 15.7. The molecule has 0 saturated carbocycles. The zero-order valence-corrected chi connectivity index (χ0v) is 11.3. The summed E-state index contributed by atoms with van der Waals surface area (Å²) in [5.74, 6) is 0. The van der Waals surface area contributed by atoms with Crippen molar-refractivity contribution in [2.24, 2.45) is 0 Å². The molecule has 5 nitrogen and oxygen atoms in total. The molecule has 0 spiro atoms. The summed E-state index contributed by atoms with van der Waals surface area (Å²) in [5, 5.41) is 15.0. The second-order valence-electron chi connectivity index (χ2n) is 4.11. The first kappa shape index (κ1) is 14.3. The zero-order chi connectivity index (χ0) is 14.4. The van der Waals surface area contributed by atoms with Crippen molar-refractivity contribution in [3.63, 3.8) is 0 Å². The average molecular weight is 292 g/mol. The number of aliphatic hydroxyl groups excluding tert-OH is 1. The number of pyridine rings is 1. The van der Waals surface area contributed by atoms with Crippen molar-refractivity contribution < 1.29 is 9.90 Å². The van der Waals surface area contributed by atoms with E-state index in [4.69, 9.17) is 11.6 Å². The number of hydrogen-bond donors (Lipinski definition) is 3. The Morgan fingerprint density at radius 1 is 1.30 bits per heavy atom. The lowest BCUT2D eigenvalue weighted by atomic mass is 10.1. The molecule has 1 aromatic carbocycles. The third kappa shape index (κ3) is 3.94. The Labute approximate surface area is 121 Å². The van der Waals surface area contributed by atoms with E-state index in [0.29, 0.717) is 10.8 Å². The maximum absolute atomic E-state index is 11.9. The van der Waals surface area contributed by atoms with Gasteiger partial charge in [-0.15, -0.1) is 0 Å². The first-order chi connectivity index (χ1) is 9.69. The highest BCUT2D eigenvalue weighted by Gasteiger charge is 2.13. The molecule has 2 rings (SSSR count). The van der Waals surface area contributed by atoms with Crippen molar-refractivity contribution in [1.29, 1.82) is 0 Å². The molecule has 0 aliphatic heterocycles. The number of amides is 2. The fourth-order valence-electron chi connectivity index (χ4n) is 1.73. The minimum Gasteiger partial charge on any atom is -0.394 e. The van der Waals surface area contributed by atoms with E-state index in [2.05, 4.69) is 15.6 Å². The number of halogens is 1. The van der Waals surface area contributed by atoms with Gasteiger partial charge in [0.15, 0.2) is 0 Å². The van der Waals surface area contributed by atoms with E-state index in [9.17, 15) is 9.90 Å². The SMILES string of the molecule is O=C(Nc1ccnc(Cl)c1)NC(CO)c1ccccc1. The second kappa shape index (κ2) is 6.88. The number of carbonyl (C=O) groups excluding carboxylic acids is 1. The predicted octanol–water partition coefficient (Wildman–Crippen LogP) is 2.59. The highest BCUT2D eigenvalue weighted by molar-refractivity contribution is 6.29. The van der Waals surface area contributed by atoms with Gasteiger partial charge in [-0.3, -0.25) is 0 Å². The van der Waals surface area contributed by atoms with Gasteiger partial charge in [-0.05, 0) is 17.7 Å². The Morgan fingerprint density at radius 3 is 2.70 bits per heavy atom. The predicted molar refractivity (Wildman–Crippen MR) is 77.7 cm³/mol. The minimum atomic E-state index is -0.464. The minimum absolute atomic E-state index is 0.186. The largest absolute Gasteiger partial charge is 0.394 e. The van der Waals surface area contributed by atoms with Gasteiger partial charge < -0.3 is 15.7 Å². The van der Waals surface area contributed by atoms with Crippen LogP contribution in [0.2, 0.25) is 5.15 Å². The van der Waals surface area contributed by atoms with Gasteiger partial charge in [-0.2, -0.15) is 0 Å². The van der Waals surface area contributed by atoms with Crippen LogP contribution in [0.4, 0.5) is 10.5 Å². The molecule has 1 aromatic heterocycles. The van der Waals surface area contributed by atoms with Gasteiger partial charge >= 0.3 is 6.03 Å². The van der Waals surface area contributed by atoms with Crippen molar-refractivity contribution in [1.82, 2.24) is 10.3 Å². The molecule has 20 heavy (non-hydrogen) atoms. The summed E-state index contributed by atoms with van der Waals surface area (Å²) in [6.45, 7) is -0.186. The summed E-state index contributed by atoms with van der Waals surface area (Å²) in [6.07, 6.45) is 1.50. The lowest BCUT2D eigenvalue weighted by Gasteiger charge is -2.17. The number of aliphatic hydroxyl groups is 1. The second-order valence-corrected chi connectivity index (χ2v) is 4.50. The van der Waals surface area contributed by atoms with Crippen molar-refractivity contribution >= 4 is 23.3 Å². The number of urea groups is 1. The van der Waals surface area contributed by atoms with Gasteiger partial charge in [0.25, 0.3) is 0 Å². The Kier molecular flexibility index (Phi) is 4.92. The maximum atomic E-state index is 11.9. The average Bonchev–Trinajstić information content (AvgIpc) is 2.45. The van der Waals surface area contributed by atoms with Crippen LogP contribution in [0.5, 0.6) is 0 Å². The third-order valence-electron chi connectivity index (χ3n) is 2.67. The Hall–Kier alpha value is -2.11. The van der Waals surface area contributed by atoms with E-state index in [1.807, 2.05) is 30.3 Å². The van der Waals surface area contributed by atoms with Crippen molar-refractivity contribution in [2.45, 2.75) is 6.04 Å². The van der Waals surface area contributed by atoms with Crippen molar-refractivity contribution in [2.75, 3.05) is 11.9 Å². The van der Waals surface area contributed by atoms with Crippen molar-refractivity contribution in [3.8, 4) is 0 Å². The number of rotatable bonds is 4. The van der Waals surface area contributed by atoms with Crippen LogP contribution >= 0.6 is 11.6 Å². The maximum Gasteiger partial charge on any atom is 0.319 e. The Bertz CT molecular complexity index is 578. The lowest BCUT2D eigenvalue weighted by molar-refractivity contribution is 0.225. The normalized spacial score (nSPS) is 11.7. The van der Waals surface area contributed by atoms with Crippen LogP contribution in [0.3, 0.4) is 0 Å². The van der Waals surface area contributed by atoms with E-state index >= 15 is 0 Å². The first-order valence-electron chi connectivity index (χ1n) is 6.04. The van der Waals surface area contributed by atoms with E-state index < -0.39 is 12.1 Å². The van der Waals surface area contributed by atoms with Gasteiger partial charge in [0.05, 0.1) is 12.6 Å². The molecular weight excluding hydrogens is 278 g/mol. The van der Waals surface area contributed by atoms with Gasteiger partial charge in [0.2, 0.25) is 0 Å². The molecular formula is C14H14ClN3O2. The molecule has 1 atom stereocenters. The van der Waals surface area contributed by atoms with Gasteiger partial charge in [0.1, 0.15) is 5.15 Å². The number of anilines is 1. The number of benzene rings is 1. The first-order valence-corrected chi connectivity index (χ1v) is 6.41. The van der Waals surface area contributed by atoms with Crippen LogP contribution in [0.25, 0.3) is 0 Å². The molecule has 0 fully saturated rings. The highest BCUT2D eigenvalue weighted by Crippen LogP contribution is 2.14. The van der Waals surface area contributed by atoms with Crippen LogP contribution in [0.15, 0.2) is 48.7 Å². The zero-order valence-electron chi connectivity index (χ0n) is 10.6. The topological polar surface area (TPSA) is 74.2 Å². The van der Waals surface area contributed by atoms with E-state index in [-0.39, 0.29) is 6.61 Å². The molecule has 104 valence electrons. The molecule has 0 aliphatic rings. The van der Waals surface area contributed by atoms with Gasteiger partial charge in [-0.1, -0.05) is 41.9 Å². The highest BCUT2D eigenvalue weighted by atomic mass is 35.5. The lowest BCUT2D eigenvalue weighted by Crippen LogP contribution is -2.34. The Morgan fingerprint density at radius 2 is 2.05 bits per heavy atom. The monoisotopic (exact) mass is 291 g/mol. The molecule has 0 radical (unpaired) electrons. The molecule has 6 heteroatoms. The summed E-state index contributed by atoms with van der Waals surface area (Å²) < 4.78 is 0. The molecule has 0 aliphatic carbocycles. The molecule has 2 amide bonds. The van der Waals surface area contributed by atoms with Gasteiger partial charge in [-0.25, -0.2) is 9.78 Å². The van der Waals surface area contributed by atoms with Gasteiger partial charge in [0, 0.05) is 11.9 Å². The molecule has 1 heterocycles. The molecule has 0 saturated heterocycles. The Balaban J connectivity index is 2.00. The van der Waals surface area contributed by atoms with Crippen LogP contribution in [-0.4, -0.2) is 22.7 Å². The molecule has 1 unspecified atom stereocenters. The molecule has 3 N–H and O–H groups in total. The van der Waals surface area contributed by atoms with Crippen LogP contribution in [-0.2, 0) is 0 Å².